The summed E-state index contributed by atoms with van der Waals surface area (Å²) in [6.45, 7) is 1.98. The van der Waals surface area contributed by atoms with Crippen molar-refractivity contribution in [3.8, 4) is 9.86 Å². The molecule has 14 heavy (non-hydrogen) atoms. The standard InChI is InChI=1S/C8H11O2.3CH3.Sn/c1-3-4-5-6-7-10-8(2)9;;;;/h4-7H2,2H3;3*1H3;. The van der Waals surface area contributed by atoms with Crippen LogP contribution in [0.15, 0.2) is 0 Å². The summed E-state index contributed by atoms with van der Waals surface area (Å²) in [6, 6.07) is 0. The Hall–Kier alpha value is -0.171. The summed E-state index contributed by atoms with van der Waals surface area (Å²) in [5.41, 5.74) is 0. The van der Waals surface area contributed by atoms with Crippen LogP contribution in [-0.4, -0.2) is 31.0 Å². The summed E-state index contributed by atoms with van der Waals surface area (Å²) in [6.07, 6.45) is 2.89. The number of esters is 1. The molecule has 0 radical (unpaired) electrons. The molecule has 0 aromatic rings. The van der Waals surface area contributed by atoms with Crippen molar-refractivity contribution in [3.05, 3.63) is 0 Å². The molecule has 0 heterocycles. The van der Waals surface area contributed by atoms with Gasteiger partial charge in [0.05, 0.1) is 0 Å². The topological polar surface area (TPSA) is 26.3 Å². The normalized spacial score (nSPS) is 10.3. The van der Waals surface area contributed by atoms with Crippen LogP contribution < -0.4 is 0 Å². The van der Waals surface area contributed by atoms with Gasteiger partial charge in [-0.1, -0.05) is 0 Å². The van der Waals surface area contributed by atoms with Crippen molar-refractivity contribution in [2.24, 2.45) is 0 Å². The molecule has 0 saturated carbocycles. The van der Waals surface area contributed by atoms with Crippen molar-refractivity contribution < 1.29 is 9.53 Å². The van der Waals surface area contributed by atoms with Crippen molar-refractivity contribution in [2.45, 2.75) is 41.0 Å². The fourth-order valence-electron chi connectivity index (χ4n) is 0.859. The molecule has 0 aromatic heterocycles. The maximum absolute atomic E-state index is 10.4. The summed E-state index contributed by atoms with van der Waals surface area (Å²) >= 11 is -1.85. The van der Waals surface area contributed by atoms with Gasteiger partial charge in [0.25, 0.3) is 0 Å². The third kappa shape index (κ3) is 11.8. The fraction of sp³-hybridized carbons (Fsp3) is 0.727. The van der Waals surface area contributed by atoms with Crippen LogP contribution in [0.4, 0.5) is 0 Å². The van der Waals surface area contributed by atoms with Crippen LogP contribution >= 0.6 is 0 Å². The summed E-state index contributed by atoms with van der Waals surface area (Å²) in [4.78, 5) is 17.3. The van der Waals surface area contributed by atoms with E-state index in [1.165, 1.54) is 6.92 Å². The first-order chi connectivity index (χ1) is 6.42. The number of unbranched alkanes of at least 4 members (excludes halogenated alkanes) is 2. The van der Waals surface area contributed by atoms with Crippen LogP contribution in [-0.2, 0) is 9.53 Å². The Morgan fingerprint density at radius 3 is 2.43 bits per heavy atom. The molecule has 0 N–H and O–H groups in total. The minimum absolute atomic E-state index is 0.193. The molecule has 2 nitrogen and oxygen atoms in total. The summed E-state index contributed by atoms with van der Waals surface area (Å²) < 4.78 is 8.19. The molecule has 0 aliphatic heterocycles. The zero-order valence-electron chi connectivity index (χ0n) is 9.64. The van der Waals surface area contributed by atoms with Crippen molar-refractivity contribution >= 4 is 24.3 Å². The Kier molecular flexibility index (Phi) is 7.08. The Balaban J connectivity index is 3.37. The second kappa shape index (κ2) is 7.16. The molecule has 0 saturated heterocycles. The Bertz CT molecular complexity index is 230. The van der Waals surface area contributed by atoms with Crippen LogP contribution in [0, 0.1) is 9.86 Å². The number of hydrogen-bond acceptors (Lipinski definition) is 2. The first-order valence-corrected chi connectivity index (χ1v) is 15.0. The number of carbonyl (C=O) groups excluding carboxylic acids is 1. The van der Waals surface area contributed by atoms with Gasteiger partial charge in [-0.15, -0.1) is 0 Å². The van der Waals surface area contributed by atoms with E-state index < -0.39 is 18.4 Å². The quantitative estimate of drug-likeness (QED) is 0.345. The molecule has 0 rings (SSSR count). The second-order valence-corrected chi connectivity index (χ2v) is 17.9. The Morgan fingerprint density at radius 2 is 1.93 bits per heavy atom. The van der Waals surface area contributed by atoms with Gasteiger partial charge in [-0.3, -0.25) is 0 Å². The van der Waals surface area contributed by atoms with Crippen molar-refractivity contribution in [1.82, 2.24) is 0 Å². The third-order valence-electron chi connectivity index (χ3n) is 1.46. The van der Waals surface area contributed by atoms with Gasteiger partial charge in [-0.2, -0.15) is 0 Å². The molecule has 0 bridgehead atoms. The van der Waals surface area contributed by atoms with E-state index in [1.807, 2.05) is 0 Å². The number of rotatable bonds is 4. The zero-order chi connectivity index (χ0) is 11.0. The van der Waals surface area contributed by atoms with E-state index in [0.29, 0.717) is 6.61 Å². The molecular weight excluding hydrogens is 283 g/mol. The monoisotopic (exact) mass is 304 g/mol. The van der Waals surface area contributed by atoms with Gasteiger partial charge < -0.3 is 0 Å². The first-order valence-electron chi connectivity index (χ1n) is 5.05. The van der Waals surface area contributed by atoms with E-state index in [4.69, 9.17) is 4.74 Å². The van der Waals surface area contributed by atoms with Crippen LogP contribution in [0.5, 0.6) is 0 Å². The number of ether oxygens (including phenoxy) is 1. The van der Waals surface area contributed by atoms with Gasteiger partial charge in [0, 0.05) is 0 Å². The van der Waals surface area contributed by atoms with Crippen molar-refractivity contribution in [1.29, 1.82) is 0 Å². The number of carbonyl (C=O) groups is 1. The molecule has 0 atom stereocenters. The second-order valence-electron chi connectivity index (χ2n) is 4.35. The molecule has 80 valence electrons. The van der Waals surface area contributed by atoms with Crippen LogP contribution in [0.2, 0.25) is 14.8 Å². The molecule has 0 unspecified atom stereocenters. The van der Waals surface area contributed by atoms with Gasteiger partial charge in [-0.25, -0.2) is 0 Å². The summed E-state index contributed by atoms with van der Waals surface area (Å²) in [5, 5.41) is 0. The van der Waals surface area contributed by atoms with Crippen LogP contribution in [0.25, 0.3) is 0 Å². The minimum atomic E-state index is -1.85. The maximum atomic E-state index is 10.4. The Labute approximate surface area is 91.3 Å². The first kappa shape index (κ1) is 13.8. The van der Waals surface area contributed by atoms with E-state index in [1.54, 1.807) is 0 Å². The van der Waals surface area contributed by atoms with E-state index >= 15 is 0 Å². The molecule has 3 heteroatoms. The van der Waals surface area contributed by atoms with Crippen LogP contribution in [0.3, 0.4) is 0 Å². The molecule has 0 fully saturated rings. The Morgan fingerprint density at radius 1 is 1.29 bits per heavy atom. The SMILES string of the molecule is CC(=O)OCCCCC#[C][Sn]([CH3])([CH3])[CH3]. The molecule has 0 aliphatic carbocycles. The van der Waals surface area contributed by atoms with E-state index in [-0.39, 0.29) is 5.97 Å². The molecule has 0 spiro atoms. The predicted octanol–water partition coefficient (Wildman–Crippen LogP) is 2.60. The zero-order valence-corrected chi connectivity index (χ0v) is 12.5. The van der Waals surface area contributed by atoms with Gasteiger partial charge in [-0.05, 0) is 0 Å². The van der Waals surface area contributed by atoms with Gasteiger partial charge >= 0.3 is 91.3 Å². The van der Waals surface area contributed by atoms with Gasteiger partial charge in [0.2, 0.25) is 0 Å². The fourth-order valence-corrected chi connectivity index (χ4v) is 2.73. The third-order valence-corrected chi connectivity index (χ3v) is 4.11. The van der Waals surface area contributed by atoms with Crippen LogP contribution in [0.1, 0.15) is 26.2 Å². The molecule has 0 aliphatic rings. The van der Waals surface area contributed by atoms with Crippen molar-refractivity contribution in [2.75, 3.05) is 6.61 Å². The molecule has 0 amide bonds. The van der Waals surface area contributed by atoms with Gasteiger partial charge in [0.15, 0.2) is 0 Å². The summed E-state index contributed by atoms with van der Waals surface area (Å²) in [5.74, 6) is 3.02. The van der Waals surface area contributed by atoms with Gasteiger partial charge in [0.1, 0.15) is 0 Å². The predicted molar refractivity (Wildman–Crippen MR) is 61.6 cm³/mol. The van der Waals surface area contributed by atoms with E-state index in [2.05, 4.69) is 24.7 Å². The van der Waals surface area contributed by atoms with Crippen molar-refractivity contribution in [3.63, 3.8) is 0 Å². The summed E-state index contributed by atoms with van der Waals surface area (Å²) in [7, 11) is 0. The molecular formula is C11H20O2Sn. The number of hydrogen-bond donors (Lipinski definition) is 0. The molecule has 0 aromatic carbocycles. The average Bonchev–Trinajstić information content (AvgIpc) is 2.00. The average molecular weight is 303 g/mol. The van der Waals surface area contributed by atoms with E-state index in [0.717, 1.165) is 19.3 Å². The van der Waals surface area contributed by atoms with E-state index in [9.17, 15) is 4.79 Å².